The summed E-state index contributed by atoms with van der Waals surface area (Å²) >= 11 is 0. The van der Waals surface area contributed by atoms with Gasteiger partial charge >= 0.3 is 0 Å². The van der Waals surface area contributed by atoms with Gasteiger partial charge in [0.2, 0.25) is 0 Å². The molecule has 3 heterocycles. The van der Waals surface area contributed by atoms with Crippen LogP contribution < -0.4 is 5.32 Å². The Morgan fingerprint density at radius 1 is 1.15 bits per heavy atom. The molecule has 3 aliphatic rings. The van der Waals surface area contributed by atoms with E-state index in [9.17, 15) is 0 Å². The molecule has 108 valence electrons. The lowest BCUT2D eigenvalue weighted by molar-refractivity contribution is 0.0992. The molecular weight excluding hydrogens is 246 g/mol. The molecule has 3 heteroatoms. The third-order valence-electron chi connectivity index (χ3n) is 5.26. The molecule has 2 saturated heterocycles. The minimum absolute atomic E-state index is 0.835. The Morgan fingerprint density at radius 2 is 2.15 bits per heavy atom. The van der Waals surface area contributed by atoms with Crippen molar-refractivity contribution in [1.29, 1.82) is 0 Å². The number of hydrogen-bond acceptors (Lipinski definition) is 3. The second-order valence-electron chi connectivity index (χ2n) is 6.54. The van der Waals surface area contributed by atoms with Crippen molar-refractivity contribution in [3.05, 3.63) is 29.3 Å². The van der Waals surface area contributed by atoms with Gasteiger partial charge in [-0.2, -0.15) is 0 Å². The van der Waals surface area contributed by atoms with Crippen LogP contribution in [-0.4, -0.2) is 48.6 Å². The number of rotatable bonds is 2. The van der Waals surface area contributed by atoms with Crippen LogP contribution in [0.3, 0.4) is 0 Å². The van der Waals surface area contributed by atoms with Crippen LogP contribution in [-0.2, 0) is 13.0 Å². The van der Waals surface area contributed by atoms with Crippen LogP contribution in [0.2, 0.25) is 0 Å². The second kappa shape index (κ2) is 5.38. The van der Waals surface area contributed by atoms with E-state index in [0.29, 0.717) is 0 Å². The zero-order valence-electron chi connectivity index (χ0n) is 12.3. The van der Waals surface area contributed by atoms with Crippen LogP contribution in [0.4, 0.5) is 5.69 Å². The monoisotopic (exact) mass is 271 g/mol. The predicted octanol–water partition coefficient (Wildman–Crippen LogP) is 2.32. The van der Waals surface area contributed by atoms with Crippen LogP contribution in [0.15, 0.2) is 18.2 Å². The van der Waals surface area contributed by atoms with Crippen molar-refractivity contribution in [3.8, 4) is 0 Å². The summed E-state index contributed by atoms with van der Waals surface area (Å²) in [7, 11) is 0. The smallest absolute Gasteiger partial charge is 0.0375 e. The Balaban J connectivity index is 1.49. The normalized spacial score (nSPS) is 26.9. The molecule has 0 aromatic heterocycles. The van der Waals surface area contributed by atoms with Gasteiger partial charge in [0.1, 0.15) is 0 Å². The summed E-state index contributed by atoms with van der Waals surface area (Å²) in [6, 6.07) is 7.64. The fourth-order valence-electron chi connectivity index (χ4n) is 4.17. The first-order valence-electron chi connectivity index (χ1n) is 8.21. The first-order valence-corrected chi connectivity index (χ1v) is 8.21. The summed E-state index contributed by atoms with van der Waals surface area (Å²) in [5, 5.41) is 3.55. The number of piperazine rings is 1. The van der Waals surface area contributed by atoms with Crippen LogP contribution >= 0.6 is 0 Å². The third kappa shape index (κ3) is 2.33. The lowest BCUT2D eigenvalue weighted by Crippen LogP contribution is -2.49. The molecule has 0 aliphatic carbocycles. The molecule has 4 rings (SSSR count). The molecule has 1 atom stereocenters. The lowest BCUT2D eigenvalue weighted by Gasteiger charge is -2.38. The average molecular weight is 271 g/mol. The van der Waals surface area contributed by atoms with E-state index in [1.54, 1.807) is 11.1 Å². The molecule has 2 fully saturated rings. The molecule has 20 heavy (non-hydrogen) atoms. The highest BCUT2D eigenvalue weighted by Gasteiger charge is 2.30. The molecule has 0 radical (unpaired) electrons. The zero-order valence-corrected chi connectivity index (χ0v) is 12.3. The minimum Gasteiger partial charge on any atom is -0.385 e. The van der Waals surface area contributed by atoms with E-state index in [1.807, 2.05) is 0 Å². The number of fused-ring (bicyclic) bond motifs is 2. The molecule has 3 nitrogen and oxygen atoms in total. The van der Waals surface area contributed by atoms with Crippen molar-refractivity contribution in [2.24, 2.45) is 0 Å². The van der Waals surface area contributed by atoms with Gasteiger partial charge in [-0.25, -0.2) is 0 Å². The first kappa shape index (κ1) is 12.7. The van der Waals surface area contributed by atoms with Crippen molar-refractivity contribution >= 4 is 5.69 Å². The highest BCUT2D eigenvalue weighted by atomic mass is 15.3. The average Bonchev–Trinajstić information content (AvgIpc) is 2.95. The van der Waals surface area contributed by atoms with E-state index in [4.69, 9.17) is 0 Å². The molecule has 0 saturated carbocycles. The van der Waals surface area contributed by atoms with E-state index < -0.39 is 0 Å². The van der Waals surface area contributed by atoms with Crippen LogP contribution in [0, 0.1) is 0 Å². The van der Waals surface area contributed by atoms with Gasteiger partial charge in [0, 0.05) is 44.5 Å². The molecule has 0 spiro atoms. The topological polar surface area (TPSA) is 18.5 Å². The minimum atomic E-state index is 0.835. The number of nitrogens with one attached hydrogen (secondary N) is 1. The van der Waals surface area contributed by atoms with Gasteiger partial charge in [-0.3, -0.25) is 9.80 Å². The zero-order chi connectivity index (χ0) is 13.4. The fraction of sp³-hybridized carbons (Fsp3) is 0.647. The molecule has 1 aromatic carbocycles. The summed E-state index contributed by atoms with van der Waals surface area (Å²) < 4.78 is 0. The standard InChI is InChI=1S/C17H25N3/c1-4-14(16-6-2-8-18-17(16)7-1)12-19-10-11-20-9-3-5-15(20)13-19/h1,4,7,15,18H,2-3,5-6,8-13H2. The summed E-state index contributed by atoms with van der Waals surface area (Å²) in [6.07, 6.45) is 5.34. The van der Waals surface area contributed by atoms with E-state index >= 15 is 0 Å². The van der Waals surface area contributed by atoms with Crippen molar-refractivity contribution in [2.75, 3.05) is 38.0 Å². The van der Waals surface area contributed by atoms with Crippen LogP contribution in [0.25, 0.3) is 0 Å². The maximum absolute atomic E-state index is 3.55. The fourth-order valence-corrected chi connectivity index (χ4v) is 4.17. The lowest BCUT2D eigenvalue weighted by atomic mass is 9.97. The van der Waals surface area contributed by atoms with Gasteiger partial charge in [0.05, 0.1) is 0 Å². The van der Waals surface area contributed by atoms with Crippen LogP contribution in [0.1, 0.15) is 30.4 Å². The van der Waals surface area contributed by atoms with Crippen molar-refractivity contribution in [1.82, 2.24) is 9.80 Å². The van der Waals surface area contributed by atoms with Crippen molar-refractivity contribution in [3.63, 3.8) is 0 Å². The van der Waals surface area contributed by atoms with Gasteiger partial charge in [-0.15, -0.1) is 0 Å². The molecule has 1 unspecified atom stereocenters. The predicted molar refractivity (Wildman–Crippen MR) is 83.1 cm³/mol. The molecule has 1 aromatic rings. The molecule has 0 bridgehead atoms. The quantitative estimate of drug-likeness (QED) is 0.890. The Hall–Kier alpha value is -1.06. The van der Waals surface area contributed by atoms with E-state index in [0.717, 1.165) is 19.1 Å². The van der Waals surface area contributed by atoms with Gasteiger partial charge in [-0.05, 0) is 49.4 Å². The van der Waals surface area contributed by atoms with Crippen molar-refractivity contribution in [2.45, 2.75) is 38.3 Å². The maximum Gasteiger partial charge on any atom is 0.0375 e. The van der Waals surface area contributed by atoms with Crippen molar-refractivity contribution < 1.29 is 0 Å². The summed E-state index contributed by atoms with van der Waals surface area (Å²) in [4.78, 5) is 5.37. The Labute approximate surface area is 121 Å². The number of benzene rings is 1. The highest BCUT2D eigenvalue weighted by Crippen LogP contribution is 2.28. The van der Waals surface area contributed by atoms with Gasteiger partial charge in [-0.1, -0.05) is 12.1 Å². The molecule has 0 amide bonds. The van der Waals surface area contributed by atoms with E-state index in [2.05, 4.69) is 33.3 Å². The van der Waals surface area contributed by atoms with Gasteiger partial charge < -0.3 is 5.32 Å². The second-order valence-corrected chi connectivity index (χ2v) is 6.54. The third-order valence-corrected chi connectivity index (χ3v) is 5.26. The molecule has 3 aliphatic heterocycles. The van der Waals surface area contributed by atoms with E-state index in [-0.39, 0.29) is 0 Å². The van der Waals surface area contributed by atoms with Gasteiger partial charge in [0.25, 0.3) is 0 Å². The highest BCUT2D eigenvalue weighted by molar-refractivity contribution is 5.56. The summed E-state index contributed by atoms with van der Waals surface area (Å²) in [6.45, 7) is 7.41. The largest absolute Gasteiger partial charge is 0.385 e. The van der Waals surface area contributed by atoms with Crippen LogP contribution in [0.5, 0.6) is 0 Å². The Kier molecular flexibility index (Phi) is 3.41. The summed E-state index contributed by atoms with van der Waals surface area (Å²) in [5.74, 6) is 0. The summed E-state index contributed by atoms with van der Waals surface area (Å²) in [5.41, 5.74) is 4.52. The maximum atomic E-state index is 3.55. The Morgan fingerprint density at radius 3 is 3.15 bits per heavy atom. The molecule has 1 N–H and O–H groups in total. The SMILES string of the molecule is c1cc(CN2CCN3CCCC3C2)c2c(c1)NCCC2. The van der Waals surface area contributed by atoms with Gasteiger partial charge in [0.15, 0.2) is 0 Å². The first-order chi connectivity index (χ1) is 9.90. The number of anilines is 1. The number of hydrogen-bond donors (Lipinski definition) is 1. The Bertz CT molecular complexity index is 485. The van der Waals surface area contributed by atoms with E-state index in [1.165, 1.54) is 57.5 Å². The number of nitrogens with zero attached hydrogens (tertiary/aromatic N) is 2. The molecular formula is C17H25N3.